The highest BCUT2D eigenvalue weighted by molar-refractivity contribution is 7.91. The van der Waals surface area contributed by atoms with Crippen molar-refractivity contribution in [2.24, 2.45) is 0 Å². The summed E-state index contributed by atoms with van der Waals surface area (Å²) in [6, 6.07) is 7.62. The molecule has 0 bridgehead atoms. The van der Waals surface area contributed by atoms with Crippen molar-refractivity contribution in [1.29, 1.82) is 0 Å². The third-order valence-electron chi connectivity index (χ3n) is 3.99. The van der Waals surface area contributed by atoms with Gasteiger partial charge in [0.25, 0.3) is 0 Å². The third kappa shape index (κ3) is 4.76. The van der Waals surface area contributed by atoms with Crippen molar-refractivity contribution in [2.75, 3.05) is 11.1 Å². The van der Waals surface area contributed by atoms with Gasteiger partial charge in [0.15, 0.2) is 9.84 Å². The van der Waals surface area contributed by atoms with Crippen LogP contribution in [0.3, 0.4) is 0 Å². The fraction of sp³-hybridized carbons (Fsp3) is 0.278. The Balaban J connectivity index is 1.56. The summed E-state index contributed by atoms with van der Waals surface area (Å²) in [6.07, 6.45) is 1.05. The number of carbonyl (C=O) groups is 1. The Bertz CT molecular complexity index is 1060. The molecular weight excluding hydrogens is 402 g/mol. The number of phenolic OH excluding ortho intramolecular Hbond substituents is 1. The number of benzene rings is 1. The lowest BCUT2D eigenvalue weighted by Gasteiger charge is -2.09. The average molecular weight is 422 g/mol. The van der Waals surface area contributed by atoms with Gasteiger partial charge >= 0.3 is 0 Å². The molecule has 2 N–H and O–H groups in total. The fourth-order valence-electron chi connectivity index (χ4n) is 2.45. The van der Waals surface area contributed by atoms with E-state index >= 15 is 0 Å². The standard InChI is InChI=1S/C18H19N3O5S2/c1-2-28(24,25)12-8-9-14(22)13(11-12)19-16(23)6-3-7-17-20-18(21-26-17)15-5-4-10-27-15/h4-5,8-11,22H,2-3,6-7H2,1H3,(H,19,23). The molecule has 0 unspecified atom stereocenters. The summed E-state index contributed by atoms with van der Waals surface area (Å²) >= 11 is 1.51. The molecule has 0 aliphatic heterocycles. The number of thiophene rings is 1. The van der Waals surface area contributed by atoms with Gasteiger partial charge in [0.1, 0.15) is 5.75 Å². The zero-order valence-electron chi connectivity index (χ0n) is 15.1. The van der Waals surface area contributed by atoms with E-state index in [1.165, 1.54) is 36.5 Å². The van der Waals surface area contributed by atoms with E-state index in [2.05, 4.69) is 15.5 Å². The van der Waals surface area contributed by atoms with E-state index in [0.29, 0.717) is 24.6 Å². The number of carbonyl (C=O) groups excluding carboxylic acids is 1. The molecule has 0 radical (unpaired) electrons. The van der Waals surface area contributed by atoms with Crippen LogP contribution in [0.4, 0.5) is 5.69 Å². The molecule has 1 amide bonds. The van der Waals surface area contributed by atoms with Gasteiger partial charge in [-0.05, 0) is 36.1 Å². The maximum Gasteiger partial charge on any atom is 0.226 e. The molecule has 0 fully saturated rings. The van der Waals surface area contributed by atoms with Crippen LogP contribution in [0.1, 0.15) is 25.7 Å². The van der Waals surface area contributed by atoms with Crippen molar-refractivity contribution in [2.45, 2.75) is 31.1 Å². The third-order valence-corrected chi connectivity index (χ3v) is 6.58. The van der Waals surface area contributed by atoms with E-state index in [4.69, 9.17) is 4.52 Å². The summed E-state index contributed by atoms with van der Waals surface area (Å²) in [5.41, 5.74) is 0.0669. The summed E-state index contributed by atoms with van der Waals surface area (Å²) in [5.74, 6) is 0.353. The summed E-state index contributed by atoms with van der Waals surface area (Å²) in [4.78, 5) is 17.4. The molecule has 2 heterocycles. The van der Waals surface area contributed by atoms with E-state index in [1.54, 1.807) is 0 Å². The molecule has 0 aliphatic carbocycles. The Hall–Kier alpha value is -2.72. The maximum absolute atomic E-state index is 12.1. The van der Waals surface area contributed by atoms with Crippen LogP contribution >= 0.6 is 11.3 Å². The Morgan fingerprint density at radius 1 is 1.32 bits per heavy atom. The predicted molar refractivity (Wildman–Crippen MR) is 105 cm³/mol. The van der Waals surface area contributed by atoms with Crippen molar-refractivity contribution in [3.05, 3.63) is 41.6 Å². The minimum atomic E-state index is -3.43. The Kier molecular flexibility index (Phi) is 6.10. The molecule has 0 saturated carbocycles. The van der Waals surface area contributed by atoms with Crippen LogP contribution in [0.2, 0.25) is 0 Å². The normalized spacial score (nSPS) is 11.5. The lowest BCUT2D eigenvalue weighted by molar-refractivity contribution is -0.116. The first-order valence-corrected chi connectivity index (χ1v) is 11.1. The SMILES string of the molecule is CCS(=O)(=O)c1ccc(O)c(NC(=O)CCCc2nc(-c3cccs3)no2)c1. The number of hydrogen-bond acceptors (Lipinski definition) is 8. The number of anilines is 1. The van der Waals surface area contributed by atoms with Crippen LogP contribution in [-0.4, -0.2) is 35.3 Å². The minimum Gasteiger partial charge on any atom is -0.506 e. The molecule has 148 valence electrons. The second-order valence-corrected chi connectivity index (χ2v) is 9.20. The lowest BCUT2D eigenvalue weighted by atomic mass is 10.2. The highest BCUT2D eigenvalue weighted by atomic mass is 32.2. The average Bonchev–Trinajstić information content (AvgIpc) is 3.35. The molecule has 3 aromatic rings. The maximum atomic E-state index is 12.1. The fourth-order valence-corrected chi connectivity index (χ4v) is 4.01. The first kappa shape index (κ1) is 20.0. The Labute approximate surface area is 166 Å². The van der Waals surface area contributed by atoms with Crippen molar-refractivity contribution in [3.8, 4) is 16.5 Å². The van der Waals surface area contributed by atoms with Crippen molar-refractivity contribution < 1.29 is 22.8 Å². The lowest BCUT2D eigenvalue weighted by Crippen LogP contribution is -2.12. The molecular formula is C18H19N3O5S2. The van der Waals surface area contributed by atoms with Crippen molar-refractivity contribution in [3.63, 3.8) is 0 Å². The van der Waals surface area contributed by atoms with Gasteiger partial charge in [0.05, 0.1) is 21.2 Å². The van der Waals surface area contributed by atoms with Gasteiger partial charge in [-0.15, -0.1) is 11.3 Å². The van der Waals surface area contributed by atoms with Crippen LogP contribution in [0.25, 0.3) is 10.7 Å². The number of nitrogens with zero attached hydrogens (tertiary/aromatic N) is 2. The monoisotopic (exact) mass is 421 g/mol. The number of sulfone groups is 1. The number of aromatic nitrogens is 2. The second-order valence-electron chi connectivity index (χ2n) is 5.97. The molecule has 0 aliphatic rings. The van der Waals surface area contributed by atoms with Crippen molar-refractivity contribution >= 4 is 32.8 Å². The number of hydrogen-bond donors (Lipinski definition) is 2. The highest BCUT2D eigenvalue weighted by Gasteiger charge is 2.16. The van der Waals surface area contributed by atoms with Crippen LogP contribution in [-0.2, 0) is 21.1 Å². The number of rotatable bonds is 8. The Morgan fingerprint density at radius 2 is 2.14 bits per heavy atom. The zero-order chi connectivity index (χ0) is 20.1. The van der Waals surface area contributed by atoms with Gasteiger partial charge in [-0.25, -0.2) is 8.42 Å². The van der Waals surface area contributed by atoms with Gasteiger partial charge in [-0.2, -0.15) is 4.98 Å². The minimum absolute atomic E-state index is 0.0510. The number of amides is 1. The summed E-state index contributed by atoms with van der Waals surface area (Å²) in [7, 11) is -3.43. The topological polar surface area (TPSA) is 122 Å². The summed E-state index contributed by atoms with van der Waals surface area (Å²) in [6.45, 7) is 1.53. The molecule has 10 heteroatoms. The predicted octanol–water partition coefficient (Wildman–Crippen LogP) is 3.26. The number of aryl methyl sites for hydroxylation is 1. The second kappa shape index (κ2) is 8.53. The molecule has 8 nitrogen and oxygen atoms in total. The van der Waals surface area contributed by atoms with E-state index in [0.717, 1.165) is 4.88 Å². The van der Waals surface area contributed by atoms with Crippen LogP contribution in [0, 0.1) is 0 Å². The quantitative estimate of drug-likeness (QED) is 0.535. The molecule has 0 saturated heterocycles. The number of aromatic hydroxyl groups is 1. The Morgan fingerprint density at radius 3 is 2.86 bits per heavy atom. The highest BCUT2D eigenvalue weighted by Crippen LogP contribution is 2.27. The van der Waals surface area contributed by atoms with Crippen LogP contribution in [0.15, 0.2) is 45.1 Å². The smallest absolute Gasteiger partial charge is 0.226 e. The van der Waals surface area contributed by atoms with Gasteiger partial charge in [0, 0.05) is 12.8 Å². The van der Waals surface area contributed by atoms with Gasteiger partial charge in [0.2, 0.25) is 17.6 Å². The first-order valence-electron chi connectivity index (χ1n) is 8.61. The first-order chi connectivity index (χ1) is 13.4. The largest absolute Gasteiger partial charge is 0.506 e. The van der Waals surface area contributed by atoms with Gasteiger partial charge < -0.3 is 14.9 Å². The molecule has 1 aromatic carbocycles. The van der Waals surface area contributed by atoms with Crippen LogP contribution < -0.4 is 5.32 Å². The summed E-state index contributed by atoms with van der Waals surface area (Å²) in [5, 5.41) is 18.3. The van der Waals surface area contributed by atoms with Gasteiger partial charge in [-0.1, -0.05) is 18.1 Å². The van der Waals surface area contributed by atoms with E-state index in [9.17, 15) is 18.3 Å². The van der Waals surface area contributed by atoms with E-state index < -0.39 is 9.84 Å². The summed E-state index contributed by atoms with van der Waals surface area (Å²) < 4.78 is 29.1. The molecule has 0 atom stereocenters. The molecule has 28 heavy (non-hydrogen) atoms. The van der Waals surface area contributed by atoms with E-state index in [-0.39, 0.29) is 34.4 Å². The molecule has 2 aromatic heterocycles. The van der Waals surface area contributed by atoms with Crippen LogP contribution in [0.5, 0.6) is 5.75 Å². The van der Waals surface area contributed by atoms with E-state index in [1.807, 2.05) is 17.5 Å². The number of nitrogens with one attached hydrogen (secondary N) is 1. The zero-order valence-corrected chi connectivity index (χ0v) is 16.7. The molecule has 3 rings (SSSR count). The number of phenols is 1. The van der Waals surface area contributed by atoms with Crippen molar-refractivity contribution in [1.82, 2.24) is 10.1 Å². The molecule has 0 spiro atoms. The van der Waals surface area contributed by atoms with Gasteiger partial charge in [-0.3, -0.25) is 4.79 Å².